The Labute approximate surface area is 169 Å². The minimum Gasteiger partial charge on any atom is -0.396 e. The van der Waals surface area contributed by atoms with Crippen LogP contribution in [-0.2, 0) is 4.84 Å². The largest absolute Gasteiger partial charge is 0.396 e. The SMILES string of the molecule is CC(=N)C1C(=N)CC(c2ccc(F)cc2-c2cccnc2)CC1=NOCCCO. The molecule has 1 aliphatic rings. The van der Waals surface area contributed by atoms with E-state index in [-0.39, 0.29) is 24.9 Å². The van der Waals surface area contributed by atoms with Gasteiger partial charge in [-0.05, 0) is 55.0 Å². The Morgan fingerprint density at radius 2 is 2.17 bits per heavy atom. The van der Waals surface area contributed by atoms with Crippen molar-refractivity contribution in [2.75, 3.05) is 13.2 Å². The number of oxime groups is 1. The van der Waals surface area contributed by atoms with Crippen LogP contribution < -0.4 is 0 Å². The van der Waals surface area contributed by atoms with Crippen LogP contribution in [-0.4, -0.2) is 40.4 Å². The van der Waals surface area contributed by atoms with E-state index in [4.69, 9.17) is 20.8 Å². The van der Waals surface area contributed by atoms with Gasteiger partial charge in [0.15, 0.2) is 0 Å². The number of nitrogens with one attached hydrogen (secondary N) is 2. The summed E-state index contributed by atoms with van der Waals surface area (Å²) in [5, 5.41) is 29.7. The highest BCUT2D eigenvalue weighted by atomic mass is 19.1. The van der Waals surface area contributed by atoms with Crippen molar-refractivity contribution >= 4 is 17.1 Å². The predicted octanol–water partition coefficient (Wildman–Crippen LogP) is 4.20. The molecule has 0 aliphatic heterocycles. The Bertz CT molecular complexity index is 914. The quantitative estimate of drug-likeness (QED) is 0.371. The number of rotatable bonds is 7. The van der Waals surface area contributed by atoms with Gasteiger partial charge in [-0.2, -0.15) is 0 Å². The van der Waals surface area contributed by atoms with E-state index >= 15 is 0 Å². The molecule has 2 aromatic rings. The number of hydrogen-bond donors (Lipinski definition) is 3. The van der Waals surface area contributed by atoms with Crippen LogP contribution in [0.15, 0.2) is 47.9 Å². The predicted molar refractivity (Wildman–Crippen MR) is 111 cm³/mol. The van der Waals surface area contributed by atoms with Gasteiger partial charge >= 0.3 is 0 Å². The highest BCUT2D eigenvalue weighted by molar-refractivity contribution is 6.23. The molecule has 6 nitrogen and oxygen atoms in total. The average Bonchev–Trinajstić information content (AvgIpc) is 2.71. The van der Waals surface area contributed by atoms with Crippen molar-refractivity contribution in [2.45, 2.75) is 32.1 Å². The molecule has 0 amide bonds. The van der Waals surface area contributed by atoms with Crippen LogP contribution in [0.25, 0.3) is 11.1 Å². The maximum atomic E-state index is 14.0. The minimum absolute atomic E-state index is 0.0143. The summed E-state index contributed by atoms with van der Waals surface area (Å²) in [6.07, 6.45) is 4.82. The van der Waals surface area contributed by atoms with Crippen molar-refractivity contribution in [3.8, 4) is 11.1 Å². The normalized spacial score (nSPS) is 20.7. The Morgan fingerprint density at radius 1 is 1.34 bits per heavy atom. The van der Waals surface area contributed by atoms with Crippen LogP contribution in [0, 0.1) is 22.6 Å². The number of aliphatic hydroxyl groups excluding tert-OH is 1. The second kappa shape index (κ2) is 9.52. The van der Waals surface area contributed by atoms with E-state index < -0.39 is 5.92 Å². The first-order valence-electron chi connectivity index (χ1n) is 9.63. The molecule has 1 aromatic carbocycles. The Kier molecular flexibility index (Phi) is 6.82. The van der Waals surface area contributed by atoms with E-state index in [2.05, 4.69) is 10.1 Å². The highest BCUT2D eigenvalue weighted by Gasteiger charge is 2.35. The standard InChI is InChI=1S/C22H25FN4O2/c1-14(24)22-20(25)10-16(11-21(22)27-29-9-3-8-28)18-6-5-17(23)12-19(18)15-4-2-7-26-13-15/h2,4-7,12-13,16,22,24-25,28H,3,8-11H2,1H3. The summed E-state index contributed by atoms with van der Waals surface area (Å²) in [4.78, 5) is 9.47. The second-order valence-corrected chi connectivity index (χ2v) is 7.21. The molecule has 1 aliphatic carbocycles. The Balaban J connectivity index is 1.95. The number of nitrogens with zero attached hydrogens (tertiary/aromatic N) is 2. The van der Waals surface area contributed by atoms with Crippen molar-refractivity contribution in [1.29, 1.82) is 10.8 Å². The van der Waals surface area contributed by atoms with Crippen LogP contribution in [0.4, 0.5) is 4.39 Å². The Hall–Kier alpha value is -2.93. The van der Waals surface area contributed by atoms with Gasteiger partial charge in [0.1, 0.15) is 12.4 Å². The zero-order chi connectivity index (χ0) is 20.8. The van der Waals surface area contributed by atoms with Gasteiger partial charge in [-0.1, -0.05) is 17.3 Å². The molecular formula is C22H25FN4O2. The first-order chi connectivity index (χ1) is 14.0. The lowest BCUT2D eigenvalue weighted by Gasteiger charge is -2.31. The molecule has 1 aromatic heterocycles. The molecule has 1 fully saturated rings. The molecule has 152 valence electrons. The monoisotopic (exact) mass is 396 g/mol. The first-order valence-corrected chi connectivity index (χ1v) is 9.63. The zero-order valence-corrected chi connectivity index (χ0v) is 16.4. The van der Waals surface area contributed by atoms with Crippen LogP contribution in [0.2, 0.25) is 0 Å². The molecule has 29 heavy (non-hydrogen) atoms. The maximum Gasteiger partial charge on any atom is 0.123 e. The van der Waals surface area contributed by atoms with E-state index in [0.717, 1.165) is 16.7 Å². The van der Waals surface area contributed by atoms with Crippen molar-refractivity contribution in [1.82, 2.24) is 4.98 Å². The molecule has 2 atom stereocenters. The van der Waals surface area contributed by atoms with Gasteiger partial charge < -0.3 is 20.8 Å². The molecule has 1 heterocycles. The summed E-state index contributed by atoms with van der Waals surface area (Å²) in [5.74, 6) is -0.871. The molecule has 0 spiro atoms. The number of benzene rings is 1. The molecule has 0 radical (unpaired) electrons. The van der Waals surface area contributed by atoms with Gasteiger partial charge in [0.05, 0.1) is 11.6 Å². The van der Waals surface area contributed by atoms with Crippen molar-refractivity contribution in [2.24, 2.45) is 11.1 Å². The van der Waals surface area contributed by atoms with Crippen molar-refractivity contribution in [3.63, 3.8) is 0 Å². The van der Waals surface area contributed by atoms with E-state index in [9.17, 15) is 4.39 Å². The average molecular weight is 396 g/mol. The molecule has 7 heteroatoms. The Morgan fingerprint density at radius 3 is 2.86 bits per heavy atom. The van der Waals surface area contributed by atoms with Gasteiger partial charge in [0.2, 0.25) is 0 Å². The molecule has 2 unspecified atom stereocenters. The summed E-state index contributed by atoms with van der Waals surface area (Å²) in [7, 11) is 0. The number of aromatic nitrogens is 1. The van der Waals surface area contributed by atoms with Gasteiger partial charge in [0, 0.05) is 42.4 Å². The van der Waals surface area contributed by atoms with Gasteiger partial charge in [0.25, 0.3) is 0 Å². The van der Waals surface area contributed by atoms with Crippen LogP contribution in [0.1, 0.15) is 37.7 Å². The summed E-state index contributed by atoms with van der Waals surface area (Å²) in [6, 6.07) is 8.39. The van der Waals surface area contributed by atoms with Gasteiger partial charge in [-0.25, -0.2) is 4.39 Å². The lowest BCUT2D eigenvalue weighted by atomic mass is 9.73. The third kappa shape index (κ3) is 4.92. The molecule has 3 rings (SSSR count). The third-order valence-corrected chi connectivity index (χ3v) is 5.04. The smallest absolute Gasteiger partial charge is 0.123 e. The van der Waals surface area contributed by atoms with E-state index in [1.165, 1.54) is 12.1 Å². The summed E-state index contributed by atoms with van der Waals surface area (Å²) >= 11 is 0. The fraction of sp³-hybridized carbons (Fsp3) is 0.364. The lowest BCUT2D eigenvalue weighted by molar-refractivity contribution is 0.122. The van der Waals surface area contributed by atoms with Crippen LogP contribution in [0.3, 0.4) is 0 Å². The summed E-state index contributed by atoms with van der Waals surface area (Å²) < 4.78 is 14.0. The van der Waals surface area contributed by atoms with Crippen molar-refractivity contribution in [3.05, 3.63) is 54.1 Å². The molecule has 0 bridgehead atoms. The lowest BCUT2D eigenvalue weighted by Crippen LogP contribution is -2.36. The molecular weight excluding hydrogens is 371 g/mol. The second-order valence-electron chi connectivity index (χ2n) is 7.21. The molecule has 3 N–H and O–H groups in total. The van der Waals surface area contributed by atoms with Crippen molar-refractivity contribution < 1.29 is 14.3 Å². The van der Waals surface area contributed by atoms with Gasteiger partial charge in [-0.15, -0.1) is 0 Å². The fourth-order valence-electron chi connectivity index (χ4n) is 3.76. The number of halogens is 1. The van der Waals surface area contributed by atoms with Crippen LogP contribution in [0.5, 0.6) is 0 Å². The summed E-state index contributed by atoms with van der Waals surface area (Å²) in [5.41, 5.74) is 3.87. The van der Waals surface area contributed by atoms with E-state index in [1.807, 2.05) is 12.1 Å². The number of pyridine rings is 1. The molecule has 1 saturated carbocycles. The minimum atomic E-state index is -0.470. The van der Waals surface area contributed by atoms with E-state index in [0.29, 0.717) is 36.4 Å². The van der Waals surface area contributed by atoms with Crippen LogP contribution >= 0.6 is 0 Å². The topological polar surface area (TPSA) is 102 Å². The zero-order valence-electron chi connectivity index (χ0n) is 16.4. The van der Waals surface area contributed by atoms with E-state index in [1.54, 1.807) is 25.4 Å². The number of hydrogen-bond acceptors (Lipinski definition) is 6. The maximum absolute atomic E-state index is 14.0. The number of aliphatic hydroxyl groups is 1. The fourth-order valence-corrected chi connectivity index (χ4v) is 3.76. The highest BCUT2D eigenvalue weighted by Crippen LogP contribution is 2.38. The third-order valence-electron chi connectivity index (χ3n) is 5.04. The summed E-state index contributed by atoms with van der Waals surface area (Å²) in [6.45, 7) is 1.96. The molecule has 0 saturated heterocycles. The first kappa shape index (κ1) is 20.8. The van der Waals surface area contributed by atoms with Gasteiger partial charge in [-0.3, -0.25) is 4.98 Å².